The second kappa shape index (κ2) is 4.97. The van der Waals surface area contributed by atoms with Gasteiger partial charge in [0.15, 0.2) is 0 Å². The summed E-state index contributed by atoms with van der Waals surface area (Å²) in [5.41, 5.74) is 0.999. The summed E-state index contributed by atoms with van der Waals surface area (Å²) in [4.78, 5) is 0. The van der Waals surface area contributed by atoms with Crippen LogP contribution < -0.4 is 0 Å². The summed E-state index contributed by atoms with van der Waals surface area (Å²) in [6.07, 6.45) is 7.44. The van der Waals surface area contributed by atoms with Gasteiger partial charge in [0.25, 0.3) is 0 Å². The first-order valence-electron chi connectivity index (χ1n) is 6.72. The number of rotatable bonds is 3. The molecule has 1 nitrogen and oxygen atoms in total. The van der Waals surface area contributed by atoms with Gasteiger partial charge in [0.05, 0.1) is 5.60 Å². The molecule has 17 heavy (non-hydrogen) atoms. The van der Waals surface area contributed by atoms with Crippen molar-refractivity contribution in [1.29, 1.82) is 0 Å². The van der Waals surface area contributed by atoms with Gasteiger partial charge in [-0.2, -0.15) is 0 Å². The minimum Gasteiger partial charge on any atom is -0.386 e. The standard InChI is InChI=1S/C16H28O/c1-12-9-10-13(2)16(5,6)14(12)8-7-11-15(3,4)17/h7,11,13-14,17H,1,8-10H2,2-6H3/b11-7+/t13-,14+/m1/s1. The quantitative estimate of drug-likeness (QED) is 0.723. The second-order valence-electron chi connectivity index (χ2n) is 6.76. The van der Waals surface area contributed by atoms with E-state index in [-0.39, 0.29) is 0 Å². The maximum atomic E-state index is 9.69. The van der Waals surface area contributed by atoms with Gasteiger partial charge in [-0.15, -0.1) is 0 Å². The van der Waals surface area contributed by atoms with Crippen molar-refractivity contribution in [3.63, 3.8) is 0 Å². The first-order valence-corrected chi connectivity index (χ1v) is 6.72. The fraction of sp³-hybridized carbons (Fsp3) is 0.750. The molecular formula is C16H28O. The van der Waals surface area contributed by atoms with Crippen LogP contribution in [0.3, 0.4) is 0 Å². The minimum absolute atomic E-state index is 0.319. The molecule has 1 fully saturated rings. The van der Waals surface area contributed by atoms with Crippen LogP contribution in [0.1, 0.15) is 53.9 Å². The molecular weight excluding hydrogens is 208 g/mol. The van der Waals surface area contributed by atoms with Crippen LogP contribution in [0.25, 0.3) is 0 Å². The Morgan fingerprint density at radius 1 is 1.47 bits per heavy atom. The summed E-state index contributed by atoms with van der Waals surface area (Å²) in [7, 11) is 0. The van der Waals surface area contributed by atoms with Crippen LogP contribution in [0.5, 0.6) is 0 Å². The van der Waals surface area contributed by atoms with E-state index >= 15 is 0 Å². The Bertz CT molecular complexity index is 304. The van der Waals surface area contributed by atoms with Crippen molar-refractivity contribution in [2.45, 2.75) is 59.5 Å². The largest absolute Gasteiger partial charge is 0.386 e. The van der Waals surface area contributed by atoms with E-state index in [9.17, 15) is 5.11 Å². The molecule has 0 aromatic rings. The van der Waals surface area contributed by atoms with Crippen molar-refractivity contribution in [3.8, 4) is 0 Å². The molecule has 0 unspecified atom stereocenters. The first-order chi connectivity index (χ1) is 7.64. The molecule has 1 rings (SSSR count). The van der Waals surface area contributed by atoms with E-state index < -0.39 is 5.60 Å². The van der Waals surface area contributed by atoms with E-state index in [0.717, 1.165) is 18.8 Å². The van der Waals surface area contributed by atoms with Crippen LogP contribution >= 0.6 is 0 Å². The Morgan fingerprint density at radius 2 is 2.06 bits per heavy atom. The van der Waals surface area contributed by atoms with Crippen molar-refractivity contribution in [3.05, 3.63) is 24.3 Å². The third-order valence-electron chi connectivity index (χ3n) is 4.46. The van der Waals surface area contributed by atoms with Gasteiger partial charge in [-0.1, -0.05) is 45.1 Å². The molecule has 0 amide bonds. The summed E-state index contributed by atoms with van der Waals surface area (Å²) in [5.74, 6) is 1.29. The third kappa shape index (κ3) is 3.70. The number of allylic oxidation sites excluding steroid dienone is 2. The Balaban J connectivity index is 2.73. The van der Waals surface area contributed by atoms with Gasteiger partial charge in [-0.25, -0.2) is 0 Å². The molecule has 1 heteroatoms. The van der Waals surface area contributed by atoms with Crippen LogP contribution in [0.15, 0.2) is 24.3 Å². The average Bonchev–Trinajstić information content (AvgIpc) is 2.16. The second-order valence-corrected chi connectivity index (χ2v) is 6.76. The van der Waals surface area contributed by atoms with Gasteiger partial charge in [-0.3, -0.25) is 0 Å². The molecule has 2 atom stereocenters. The van der Waals surface area contributed by atoms with E-state index in [1.807, 2.05) is 19.9 Å². The lowest BCUT2D eigenvalue weighted by molar-refractivity contribution is 0.112. The molecule has 1 aliphatic carbocycles. The van der Waals surface area contributed by atoms with Gasteiger partial charge in [-0.05, 0) is 50.4 Å². The summed E-state index contributed by atoms with van der Waals surface area (Å²) < 4.78 is 0. The Morgan fingerprint density at radius 3 is 2.59 bits per heavy atom. The molecule has 1 aliphatic rings. The molecule has 1 N–H and O–H groups in total. The molecule has 98 valence electrons. The van der Waals surface area contributed by atoms with Crippen molar-refractivity contribution in [2.75, 3.05) is 0 Å². The lowest BCUT2D eigenvalue weighted by Gasteiger charge is -2.45. The van der Waals surface area contributed by atoms with Gasteiger partial charge >= 0.3 is 0 Å². The molecule has 0 aliphatic heterocycles. The monoisotopic (exact) mass is 236 g/mol. The van der Waals surface area contributed by atoms with Crippen LogP contribution in [-0.4, -0.2) is 10.7 Å². The molecule has 0 heterocycles. The lowest BCUT2D eigenvalue weighted by atomic mass is 9.60. The molecule has 0 saturated heterocycles. The molecule has 0 aromatic carbocycles. The van der Waals surface area contributed by atoms with Crippen molar-refractivity contribution in [2.24, 2.45) is 17.3 Å². The summed E-state index contributed by atoms with van der Waals surface area (Å²) in [6, 6.07) is 0. The van der Waals surface area contributed by atoms with E-state index in [1.165, 1.54) is 12.0 Å². The maximum absolute atomic E-state index is 9.69. The van der Waals surface area contributed by atoms with Crippen LogP contribution in [0.2, 0.25) is 0 Å². The van der Waals surface area contributed by atoms with Gasteiger partial charge < -0.3 is 5.11 Å². The molecule has 0 aromatic heterocycles. The minimum atomic E-state index is -0.703. The smallest absolute Gasteiger partial charge is 0.0771 e. The van der Waals surface area contributed by atoms with Crippen LogP contribution in [0.4, 0.5) is 0 Å². The molecule has 1 saturated carbocycles. The summed E-state index contributed by atoms with van der Waals surface area (Å²) in [6.45, 7) is 14.9. The zero-order chi connectivity index (χ0) is 13.3. The zero-order valence-electron chi connectivity index (χ0n) is 12.1. The van der Waals surface area contributed by atoms with Gasteiger partial charge in [0.2, 0.25) is 0 Å². The fourth-order valence-corrected chi connectivity index (χ4v) is 2.78. The van der Waals surface area contributed by atoms with E-state index in [2.05, 4.69) is 33.4 Å². The normalized spacial score (nSPS) is 29.9. The zero-order valence-corrected chi connectivity index (χ0v) is 12.1. The lowest BCUT2D eigenvalue weighted by Crippen LogP contribution is -2.36. The highest BCUT2D eigenvalue weighted by atomic mass is 16.3. The van der Waals surface area contributed by atoms with Crippen molar-refractivity contribution in [1.82, 2.24) is 0 Å². The first kappa shape index (κ1) is 14.5. The van der Waals surface area contributed by atoms with E-state index in [4.69, 9.17) is 0 Å². The maximum Gasteiger partial charge on any atom is 0.0771 e. The van der Waals surface area contributed by atoms with Gasteiger partial charge in [0.1, 0.15) is 0 Å². The Hall–Kier alpha value is -0.560. The number of hydrogen-bond acceptors (Lipinski definition) is 1. The third-order valence-corrected chi connectivity index (χ3v) is 4.46. The van der Waals surface area contributed by atoms with Crippen molar-refractivity contribution < 1.29 is 5.11 Å². The summed E-state index contributed by atoms with van der Waals surface area (Å²) >= 11 is 0. The average molecular weight is 236 g/mol. The summed E-state index contributed by atoms with van der Waals surface area (Å²) in [5, 5.41) is 9.69. The van der Waals surface area contributed by atoms with E-state index in [0.29, 0.717) is 11.3 Å². The number of aliphatic hydroxyl groups is 1. The topological polar surface area (TPSA) is 20.2 Å². The number of hydrogen-bond donors (Lipinski definition) is 1. The Kier molecular flexibility index (Phi) is 4.24. The Labute approximate surface area is 107 Å². The highest BCUT2D eigenvalue weighted by molar-refractivity contribution is 5.13. The molecule has 0 radical (unpaired) electrons. The molecule has 0 bridgehead atoms. The van der Waals surface area contributed by atoms with Crippen LogP contribution in [-0.2, 0) is 0 Å². The van der Waals surface area contributed by atoms with E-state index in [1.54, 1.807) is 0 Å². The predicted molar refractivity (Wildman–Crippen MR) is 74.9 cm³/mol. The highest BCUT2D eigenvalue weighted by Crippen LogP contribution is 2.48. The predicted octanol–water partition coefficient (Wildman–Crippen LogP) is 4.33. The fourth-order valence-electron chi connectivity index (χ4n) is 2.78. The SMILES string of the molecule is C=C1CC[C@@H](C)C(C)(C)[C@H]1C/C=C/C(C)(C)O. The van der Waals surface area contributed by atoms with Crippen molar-refractivity contribution >= 4 is 0 Å². The highest BCUT2D eigenvalue weighted by Gasteiger charge is 2.38. The molecule has 0 spiro atoms. The van der Waals surface area contributed by atoms with Crippen LogP contribution in [0, 0.1) is 17.3 Å². The van der Waals surface area contributed by atoms with Gasteiger partial charge in [0, 0.05) is 0 Å².